The number of pyridine rings is 1. The van der Waals surface area contributed by atoms with E-state index in [2.05, 4.69) is 32.2 Å². The Labute approximate surface area is 141 Å². The first-order valence-corrected chi connectivity index (χ1v) is 8.79. The summed E-state index contributed by atoms with van der Waals surface area (Å²) in [5.41, 5.74) is 0.293. The Balaban J connectivity index is 3.14. The van der Waals surface area contributed by atoms with E-state index in [4.69, 9.17) is 11.6 Å². The van der Waals surface area contributed by atoms with Gasteiger partial charge in [-0.05, 0) is 49.5 Å². The van der Waals surface area contributed by atoms with Gasteiger partial charge >= 0.3 is 0 Å². The molecule has 1 rings (SSSR count). The highest BCUT2D eigenvalue weighted by molar-refractivity contribution is 9.10. The second kappa shape index (κ2) is 7.92. The van der Waals surface area contributed by atoms with E-state index in [1.807, 2.05) is 20.8 Å². The van der Waals surface area contributed by atoms with E-state index in [1.54, 1.807) is 6.08 Å². The molecular formula is C14H19BrClFN2OS. The Morgan fingerprint density at radius 1 is 1.62 bits per heavy atom. The molecule has 0 aromatic carbocycles. The van der Waals surface area contributed by atoms with E-state index in [1.165, 1.54) is 6.20 Å². The van der Waals surface area contributed by atoms with Gasteiger partial charge in [0.05, 0.1) is 11.1 Å². The molecule has 7 heteroatoms. The van der Waals surface area contributed by atoms with E-state index < -0.39 is 28.1 Å². The van der Waals surface area contributed by atoms with Crippen LogP contribution in [0.1, 0.15) is 45.2 Å². The second-order valence-electron chi connectivity index (χ2n) is 5.54. The summed E-state index contributed by atoms with van der Waals surface area (Å²) in [4.78, 5) is 3.64. The van der Waals surface area contributed by atoms with E-state index in [-0.39, 0.29) is 0 Å². The van der Waals surface area contributed by atoms with Crippen molar-refractivity contribution in [1.82, 2.24) is 9.71 Å². The average molecular weight is 398 g/mol. The van der Waals surface area contributed by atoms with Gasteiger partial charge in [0.15, 0.2) is 0 Å². The van der Waals surface area contributed by atoms with Crippen LogP contribution in [-0.2, 0) is 11.4 Å². The molecule has 1 heterocycles. The second-order valence-corrected chi connectivity index (χ2v) is 8.74. The molecule has 0 aliphatic heterocycles. The summed E-state index contributed by atoms with van der Waals surface area (Å²) >= 11 is 7.94. The summed E-state index contributed by atoms with van der Waals surface area (Å²) in [6.07, 6.45) is 4.18. The summed E-state index contributed by atoms with van der Waals surface area (Å²) in [5.74, 6) is -0.626. The molecule has 3 nitrogen and oxygen atoms in total. The van der Waals surface area contributed by atoms with Gasteiger partial charge in [0.1, 0.15) is 4.75 Å². The third-order valence-electron chi connectivity index (χ3n) is 2.77. The van der Waals surface area contributed by atoms with Gasteiger partial charge in [0, 0.05) is 27.6 Å². The molecule has 1 aromatic rings. The standard InChI is InChI=1S/C14H19BrClFN2OS/c1-5-6-7-10(19-21(20)14(2,3)4)11-12(15)9(16)8-18-13(11)17/h5,8,10,19H,1,6-7H2,2-4H3/t10-,21+/m1/s1. The lowest BCUT2D eigenvalue weighted by Crippen LogP contribution is -2.41. The fourth-order valence-corrected chi connectivity index (χ4v) is 3.15. The van der Waals surface area contributed by atoms with Crippen molar-refractivity contribution in [1.29, 1.82) is 0 Å². The van der Waals surface area contributed by atoms with Crippen LogP contribution in [0.15, 0.2) is 23.3 Å². The number of halogens is 3. The number of nitrogens with one attached hydrogen (secondary N) is 1. The Morgan fingerprint density at radius 2 is 2.24 bits per heavy atom. The fraction of sp³-hybridized carbons (Fsp3) is 0.500. The lowest BCUT2D eigenvalue weighted by atomic mass is 10.0. The van der Waals surface area contributed by atoms with Crippen LogP contribution in [0, 0.1) is 5.95 Å². The molecular weight excluding hydrogens is 379 g/mol. The zero-order chi connectivity index (χ0) is 16.2. The predicted molar refractivity (Wildman–Crippen MR) is 90.1 cm³/mol. The minimum absolute atomic E-state index is 0.293. The summed E-state index contributed by atoms with van der Waals surface area (Å²) in [6.45, 7) is 9.21. The lowest BCUT2D eigenvalue weighted by molar-refractivity contribution is 0.487. The van der Waals surface area contributed by atoms with Crippen molar-refractivity contribution in [2.75, 3.05) is 0 Å². The van der Waals surface area contributed by atoms with Gasteiger partial charge in [0.25, 0.3) is 0 Å². The van der Waals surface area contributed by atoms with Crippen molar-refractivity contribution in [3.63, 3.8) is 0 Å². The van der Waals surface area contributed by atoms with Gasteiger partial charge in [-0.25, -0.2) is 4.98 Å². The largest absolute Gasteiger partial charge is 0.598 e. The zero-order valence-electron chi connectivity index (χ0n) is 12.3. The highest BCUT2D eigenvalue weighted by Gasteiger charge is 2.32. The molecule has 21 heavy (non-hydrogen) atoms. The fourth-order valence-electron chi connectivity index (χ4n) is 1.61. The Bertz CT molecular complexity index is 510. The molecule has 0 unspecified atom stereocenters. The molecule has 0 saturated heterocycles. The van der Waals surface area contributed by atoms with Gasteiger partial charge in [0.2, 0.25) is 5.95 Å². The Hall–Kier alpha value is -0.140. The molecule has 0 amide bonds. The molecule has 0 aliphatic carbocycles. The maximum Gasteiger partial charge on any atom is 0.219 e. The van der Waals surface area contributed by atoms with Gasteiger partial charge in [-0.15, -0.1) is 11.3 Å². The van der Waals surface area contributed by atoms with Crippen LogP contribution < -0.4 is 4.72 Å². The third-order valence-corrected chi connectivity index (χ3v) is 5.75. The van der Waals surface area contributed by atoms with Crippen LogP contribution >= 0.6 is 27.5 Å². The van der Waals surface area contributed by atoms with Crippen molar-refractivity contribution in [3.05, 3.63) is 39.9 Å². The lowest BCUT2D eigenvalue weighted by Gasteiger charge is -2.28. The van der Waals surface area contributed by atoms with Crippen LogP contribution in [0.25, 0.3) is 0 Å². The first-order chi connectivity index (χ1) is 9.68. The van der Waals surface area contributed by atoms with Crippen LogP contribution in [0.5, 0.6) is 0 Å². The first kappa shape index (κ1) is 18.9. The predicted octanol–water partition coefficient (Wildman–Crippen LogP) is 4.70. The summed E-state index contributed by atoms with van der Waals surface area (Å²) in [7, 11) is 0. The third kappa shape index (κ3) is 5.21. The SMILES string of the molecule is C=CCC[C@@H](N[S@@+]([O-])C(C)(C)C)c1c(F)ncc(Cl)c1Br. The molecule has 2 atom stereocenters. The topological polar surface area (TPSA) is 48.0 Å². The molecule has 0 bridgehead atoms. The number of hydrogen-bond acceptors (Lipinski definition) is 3. The van der Waals surface area contributed by atoms with Crippen LogP contribution in [0.3, 0.4) is 0 Å². The van der Waals surface area contributed by atoms with Crippen LogP contribution in [0.2, 0.25) is 5.02 Å². The quantitative estimate of drug-likeness (QED) is 0.430. The van der Waals surface area contributed by atoms with E-state index in [0.29, 0.717) is 27.9 Å². The number of nitrogens with zero attached hydrogens (tertiary/aromatic N) is 1. The molecule has 118 valence electrons. The van der Waals surface area contributed by atoms with Crippen molar-refractivity contribution in [3.8, 4) is 0 Å². The summed E-state index contributed by atoms with van der Waals surface area (Å²) in [5, 5.41) is 0.318. The minimum atomic E-state index is -1.34. The average Bonchev–Trinajstić information content (AvgIpc) is 2.39. The number of rotatable bonds is 6. The monoisotopic (exact) mass is 396 g/mol. The van der Waals surface area contributed by atoms with Gasteiger partial charge in [-0.3, -0.25) is 0 Å². The molecule has 0 saturated carbocycles. The molecule has 1 aromatic heterocycles. The van der Waals surface area contributed by atoms with Gasteiger partial charge < -0.3 is 4.55 Å². The first-order valence-electron chi connectivity index (χ1n) is 6.46. The molecule has 0 radical (unpaired) electrons. The highest BCUT2D eigenvalue weighted by atomic mass is 79.9. The van der Waals surface area contributed by atoms with Crippen molar-refractivity contribution >= 4 is 38.9 Å². The maximum absolute atomic E-state index is 14.1. The number of hydrogen-bond donors (Lipinski definition) is 1. The minimum Gasteiger partial charge on any atom is -0.598 e. The summed E-state index contributed by atoms with van der Waals surface area (Å²) < 4.78 is 29.3. The van der Waals surface area contributed by atoms with Gasteiger partial charge in [-0.1, -0.05) is 17.7 Å². The number of allylic oxidation sites excluding steroid dienone is 1. The normalized spacial score (nSPS) is 14.8. The zero-order valence-corrected chi connectivity index (χ0v) is 15.4. The molecule has 0 aliphatic rings. The smallest absolute Gasteiger partial charge is 0.219 e. The van der Waals surface area contributed by atoms with E-state index in [9.17, 15) is 8.94 Å². The highest BCUT2D eigenvalue weighted by Crippen LogP contribution is 2.34. The van der Waals surface area contributed by atoms with Crippen molar-refractivity contribution in [2.45, 2.75) is 44.4 Å². The van der Waals surface area contributed by atoms with E-state index >= 15 is 0 Å². The van der Waals surface area contributed by atoms with Crippen molar-refractivity contribution in [2.24, 2.45) is 0 Å². The Kier molecular flexibility index (Phi) is 7.13. The summed E-state index contributed by atoms with van der Waals surface area (Å²) in [6, 6.07) is -0.469. The number of aromatic nitrogens is 1. The van der Waals surface area contributed by atoms with E-state index in [0.717, 1.165) is 0 Å². The van der Waals surface area contributed by atoms with Crippen molar-refractivity contribution < 1.29 is 8.94 Å². The van der Waals surface area contributed by atoms with Gasteiger partial charge in [-0.2, -0.15) is 4.39 Å². The maximum atomic E-state index is 14.1. The van der Waals surface area contributed by atoms with Crippen LogP contribution in [-0.4, -0.2) is 14.3 Å². The van der Waals surface area contributed by atoms with Crippen LogP contribution in [0.4, 0.5) is 4.39 Å². The molecule has 0 spiro atoms. The Morgan fingerprint density at radius 3 is 2.76 bits per heavy atom. The molecule has 0 fully saturated rings. The molecule has 1 N–H and O–H groups in total.